The van der Waals surface area contributed by atoms with E-state index in [1.807, 2.05) is 0 Å². The monoisotopic (exact) mass is 225 g/mol. The Morgan fingerprint density at radius 1 is 1.36 bits per heavy atom. The van der Waals surface area contributed by atoms with Crippen LogP contribution in [-0.2, 0) is 5.88 Å². The highest BCUT2D eigenvalue weighted by molar-refractivity contribution is 6.17. The first-order chi connectivity index (χ1) is 6.42. The highest BCUT2D eigenvalue weighted by Crippen LogP contribution is 2.29. The van der Waals surface area contributed by atoms with Crippen LogP contribution in [0.1, 0.15) is 5.56 Å². The molecule has 14 heavy (non-hydrogen) atoms. The standard InChI is InChI=1S/C8H7ClF3NO/c9-4-5-1-2-6(13)3-7(5)14-8(10,11)12/h1-3H,4,13H2. The molecule has 0 saturated heterocycles. The van der Waals surface area contributed by atoms with Crippen molar-refractivity contribution in [3.05, 3.63) is 23.8 Å². The maximum absolute atomic E-state index is 11.9. The fraction of sp³-hybridized carbons (Fsp3) is 0.250. The third kappa shape index (κ3) is 2.99. The highest BCUT2D eigenvalue weighted by atomic mass is 35.5. The summed E-state index contributed by atoms with van der Waals surface area (Å²) in [4.78, 5) is 0. The quantitative estimate of drug-likeness (QED) is 0.621. The van der Waals surface area contributed by atoms with E-state index < -0.39 is 6.36 Å². The summed E-state index contributed by atoms with van der Waals surface area (Å²) in [6.07, 6.45) is -4.73. The molecule has 0 heterocycles. The molecule has 0 aliphatic rings. The Morgan fingerprint density at radius 3 is 2.50 bits per heavy atom. The minimum Gasteiger partial charge on any atom is -0.405 e. The second-order valence-corrected chi connectivity index (χ2v) is 2.82. The van der Waals surface area contributed by atoms with Gasteiger partial charge in [0.25, 0.3) is 0 Å². The minimum atomic E-state index is -4.73. The van der Waals surface area contributed by atoms with Crippen LogP contribution >= 0.6 is 11.6 Å². The van der Waals surface area contributed by atoms with Crippen LogP contribution in [0.3, 0.4) is 0 Å². The first-order valence-corrected chi connectivity index (χ1v) is 4.16. The zero-order valence-corrected chi connectivity index (χ0v) is 7.69. The zero-order chi connectivity index (χ0) is 10.8. The predicted octanol–water partition coefficient (Wildman–Crippen LogP) is 2.91. The molecule has 0 spiro atoms. The van der Waals surface area contributed by atoms with Gasteiger partial charge in [-0.15, -0.1) is 24.8 Å². The Morgan fingerprint density at radius 2 is 2.00 bits per heavy atom. The van der Waals surface area contributed by atoms with Gasteiger partial charge >= 0.3 is 6.36 Å². The predicted molar refractivity (Wildman–Crippen MR) is 47.1 cm³/mol. The molecular formula is C8H7ClF3NO. The van der Waals surface area contributed by atoms with Crippen LogP contribution in [0, 0.1) is 0 Å². The lowest BCUT2D eigenvalue weighted by Gasteiger charge is -2.12. The molecular weight excluding hydrogens is 219 g/mol. The number of ether oxygens (including phenoxy) is 1. The Labute approximate surface area is 83.4 Å². The van der Waals surface area contributed by atoms with Crippen molar-refractivity contribution in [2.24, 2.45) is 0 Å². The second kappa shape index (κ2) is 3.96. The summed E-state index contributed by atoms with van der Waals surface area (Å²) in [5.74, 6) is -0.418. The lowest BCUT2D eigenvalue weighted by Crippen LogP contribution is -2.18. The summed E-state index contributed by atoms with van der Waals surface area (Å²) < 4.78 is 39.4. The lowest BCUT2D eigenvalue weighted by molar-refractivity contribution is -0.274. The maximum Gasteiger partial charge on any atom is 0.573 e. The summed E-state index contributed by atoms with van der Waals surface area (Å²) in [6.45, 7) is 0. The van der Waals surface area contributed by atoms with Crippen LogP contribution in [0.4, 0.5) is 18.9 Å². The molecule has 1 aromatic carbocycles. The van der Waals surface area contributed by atoms with Crippen LogP contribution < -0.4 is 10.5 Å². The molecule has 0 aromatic heterocycles. The van der Waals surface area contributed by atoms with E-state index in [4.69, 9.17) is 17.3 Å². The molecule has 0 aliphatic heterocycles. The third-order valence-corrected chi connectivity index (χ3v) is 1.75. The van der Waals surface area contributed by atoms with Gasteiger partial charge in [0, 0.05) is 17.3 Å². The smallest absolute Gasteiger partial charge is 0.405 e. The topological polar surface area (TPSA) is 35.2 Å². The molecule has 78 valence electrons. The molecule has 2 nitrogen and oxygen atoms in total. The van der Waals surface area contributed by atoms with Crippen molar-refractivity contribution in [2.45, 2.75) is 12.2 Å². The summed E-state index contributed by atoms with van der Waals surface area (Å²) in [5, 5.41) is 0. The summed E-state index contributed by atoms with van der Waals surface area (Å²) in [7, 11) is 0. The van der Waals surface area contributed by atoms with Gasteiger partial charge in [0.1, 0.15) is 5.75 Å². The second-order valence-electron chi connectivity index (χ2n) is 2.55. The molecule has 0 unspecified atom stereocenters. The number of rotatable bonds is 2. The van der Waals surface area contributed by atoms with Crippen LogP contribution in [-0.4, -0.2) is 6.36 Å². The van der Waals surface area contributed by atoms with E-state index in [-0.39, 0.29) is 22.9 Å². The molecule has 0 amide bonds. The van der Waals surface area contributed by atoms with Crippen molar-refractivity contribution in [1.82, 2.24) is 0 Å². The van der Waals surface area contributed by atoms with E-state index in [1.165, 1.54) is 12.1 Å². The Balaban J connectivity index is 2.99. The first kappa shape index (κ1) is 11.0. The van der Waals surface area contributed by atoms with Gasteiger partial charge in [0.15, 0.2) is 0 Å². The molecule has 6 heteroatoms. The van der Waals surface area contributed by atoms with E-state index >= 15 is 0 Å². The van der Waals surface area contributed by atoms with Gasteiger partial charge in [-0.05, 0) is 6.07 Å². The lowest BCUT2D eigenvalue weighted by atomic mass is 10.2. The summed E-state index contributed by atoms with van der Waals surface area (Å²) in [5.41, 5.74) is 5.75. The van der Waals surface area contributed by atoms with E-state index in [9.17, 15) is 13.2 Å². The normalized spacial score (nSPS) is 11.4. The van der Waals surface area contributed by atoms with Gasteiger partial charge in [0.05, 0.1) is 5.88 Å². The number of alkyl halides is 4. The number of anilines is 1. The van der Waals surface area contributed by atoms with E-state index in [0.29, 0.717) is 0 Å². The molecule has 0 saturated carbocycles. The molecule has 0 bridgehead atoms. The average Bonchev–Trinajstić information content (AvgIpc) is 2.01. The van der Waals surface area contributed by atoms with Crippen molar-refractivity contribution >= 4 is 17.3 Å². The Hall–Kier alpha value is -1.10. The van der Waals surface area contributed by atoms with Crippen molar-refractivity contribution in [2.75, 3.05) is 5.73 Å². The number of halogens is 4. The minimum absolute atomic E-state index is 0.0638. The summed E-state index contributed by atoms with van der Waals surface area (Å²) >= 11 is 5.43. The van der Waals surface area contributed by atoms with Gasteiger partial charge in [-0.3, -0.25) is 0 Å². The third-order valence-electron chi connectivity index (χ3n) is 1.46. The SMILES string of the molecule is Nc1ccc(CCl)c(OC(F)(F)F)c1. The van der Waals surface area contributed by atoms with Crippen molar-refractivity contribution < 1.29 is 17.9 Å². The summed E-state index contributed by atoms with van der Waals surface area (Å²) in [6, 6.07) is 3.94. The highest BCUT2D eigenvalue weighted by Gasteiger charge is 2.32. The number of nitrogen functional groups attached to an aromatic ring is 1. The van der Waals surface area contributed by atoms with Crippen LogP contribution in [0.15, 0.2) is 18.2 Å². The molecule has 0 atom stereocenters. The van der Waals surface area contributed by atoms with Gasteiger partial charge in [-0.1, -0.05) is 6.07 Å². The van der Waals surface area contributed by atoms with Gasteiger partial charge in [-0.25, -0.2) is 0 Å². The molecule has 1 rings (SSSR count). The molecule has 0 radical (unpaired) electrons. The fourth-order valence-corrected chi connectivity index (χ4v) is 1.12. The van der Waals surface area contributed by atoms with Gasteiger partial charge in [0.2, 0.25) is 0 Å². The van der Waals surface area contributed by atoms with E-state index in [2.05, 4.69) is 4.74 Å². The van der Waals surface area contributed by atoms with Crippen molar-refractivity contribution in [3.8, 4) is 5.75 Å². The Bertz CT molecular complexity index is 327. The van der Waals surface area contributed by atoms with Crippen molar-refractivity contribution in [1.29, 1.82) is 0 Å². The van der Waals surface area contributed by atoms with Gasteiger partial charge in [-0.2, -0.15) is 0 Å². The van der Waals surface area contributed by atoms with Crippen LogP contribution in [0.25, 0.3) is 0 Å². The first-order valence-electron chi connectivity index (χ1n) is 3.62. The number of benzene rings is 1. The average molecular weight is 226 g/mol. The van der Waals surface area contributed by atoms with Crippen LogP contribution in [0.5, 0.6) is 5.75 Å². The molecule has 2 N–H and O–H groups in total. The van der Waals surface area contributed by atoms with Crippen LogP contribution in [0.2, 0.25) is 0 Å². The number of nitrogens with two attached hydrogens (primary N) is 1. The largest absolute Gasteiger partial charge is 0.573 e. The molecule has 0 fully saturated rings. The van der Waals surface area contributed by atoms with E-state index in [1.54, 1.807) is 0 Å². The maximum atomic E-state index is 11.9. The molecule has 1 aromatic rings. The fourth-order valence-electron chi connectivity index (χ4n) is 0.901. The Kier molecular flexibility index (Phi) is 3.10. The van der Waals surface area contributed by atoms with Gasteiger partial charge < -0.3 is 10.5 Å². The molecule has 0 aliphatic carbocycles. The number of hydrogen-bond donors (Lipinski definition) is 1. The number of hydrogen-bond acceptors (Lipinski definition) is 2. The zero-order valence-electron chi connectivity index (χ0n) is 6.94. The van der Waals surface area contributed by atoms with E-state index in [0.717, 1.165) is 6.07 Å². The van der Waals surface area contributed by atoms with Crippen molar-refractivity contribution in [3.63, 3.8) is 0 Å².